The summed E-state index contributed by atoms with van der Waals surface area (Å²) in [6.45, 7) is 8.00. The van der Waals surface area contributed by atoms with Crippen LogP contribution in [0.25, 0.3) is 89.2 Å². The van der Waals surface area contributed by atoms with Gasteiger partial charge in [-0.15, -0.1) is 0 Å². The highest BCUT2D eigenvalue weighted by atomic mass is 15.2. The van der Waals surface area contributed by atoms with Gasteiger partial charge in [0.05, 0.1) is 11.0 Å². The van der Waals surface area contributed by atoms with Gasteiger partial charge >= 0.3 is 0 Å². The second kappa shape index (κ2) is 14.5. The Labute approximate surface area is 320 Å². The lowest BCUT2D eigenvalue weighted by atomic mass is 9.91. The van der Waals surface area contributed by atoms with Gasteiger partial charge in [-0.2, -0.15) is 9.97 Å². The first kappa shape index (κ1) is 33.4. The van der Waals surface area contributed by atoms with Crippen LogP contribution < -0.4 is 0 Å². The van der Waals surface area contributed by atoms with Crippen LogP contribution in [0.3, 0.4) is 0 Å². The Morgan fingerprint density at radius 2 is 0.964 bits per heavy atom. The van der Waals surface area contributed by atoms with Crippen molar-refractivity contribution in [2.24, 2.45) is 0 Å². The summed E-state index contributed by atoms with van der Waals surface area (Å²) in [6.07, 6.45) is 5.37. The molecular formula is C51H36N4. The minimum Gasteiger partial charge on any atom is -0.277 e. The van der Waals surface area contributed by atoms with Gasteiger partial charge < -0.3 is 0 Å². The molecule has 0 aliphatic rings. The summed E-state index contributed by atoms with van der Waals surface area (Å²) in [5.74, 6) is 1.62. The van der Waals surface area contributed by atoms with Crippen LogP contribution >= 0.6 is 0 Å². The molecule has 4 nitrogen and oxygen atoms in total. The van der Waals surface area contributed by atoms with Crippen molar-refractivity contribution in [3.63, 3.8) is 0 Å². The highest BCUT2D eigenvalue weighted by molar-refractivity contribution is 6.15. The lowest BCUT2D eigenvalue weighted by Crippen LogP contribution is -2.08. The molecule has 0 N–H and O–H groups in total. The summed E-state index contributed by atoms with van der Waals surface area (Å²) >= 11 is 0. The Kier molecular flexibility index (Phi) is 8.83. The van der Waals surface area contributed by atoms with E-state index in [2.05, 4.69) is 163 Å². The summed E-state index contributed by atoms with van der Waals surface area (Å²) < 4.78 is 2.19. The number of allylic oxidation sites excluding steroid dienone is 4. The van der Waals surface area contributed by atoms with Gasteiger partial charge in [0, 0.05) is 27.5 Å². The van der Waals surface area contributed by atoms with E-state index in [9.17, 15) is 0 Å². The average Bonchev–Trinajstić information content (AvgIpc) is 3.60. The van der Waals surface area contributed by atoms with E-state index in [0.29, 0.717) is 17.6 Å². The predicted octanol–water partition coefficient (Wildman–Crippen LogP) is 13.1. The number of aromatic nitrogens is 4. The van der Waals surface area contributed by atoms with Crippen LogP contribution in [0.4, 0.5) is 0 Å². The third-order valence-corrected chi connectivity index (χ3v) is 9.97. The second-order valence-electron chi connectivity index (χ2n) is 13.4. The van der Waals surface area contributed by atoms with Gasteiger partial charge in [0.2, 0.25) is 5.95 Å². The van der Waals surface area contributed by atoms with Crippen LogP contribution in [0.5, 0.6) is 0 Å². The molecule has 0 spiro atoms. The van der Waals surface area contributed by atoms with Crippen molar-refractivity contribution in [2.75, 3.05) is 0 Å². The zero-order valence-electron chi connectivity index (χ0n) is 30.2. The number of hydrogen-bond acceptors (Lipinski definition) is 3. The summed E-state index contributed by atoms with van der Waals surface area (Å²) in [5.41, 5.74) is 12.8. The van der Waals surface area contributed by atoms with Gasteiger partial charge in [0.15, 0.2) is 11.6 Å². The fraction of sp³-hybridized carbons (Fsp3) is 0. The zero-order chi connectivity index (χ0) is 37.1. The highest BCUT2D eigenvalue weighted by Crippen LogP contribution is 2.42. The Bertz CT molecular complexity index is 2810. The molecule has 0 aliphatic carbocycles. The van der Waals surface area contributed by atoms with Gasteiger partial charge in [-0.25, -0.2) is 4.98 Å². The van der Waals surface area contributed by atoms with Crippen LogP contribution in [0.1, 0.15) is 5.82 Å². The van der Waals surface area contributed by atoms with Crippen LogP contribution in [-0.2, 0) is 0 Å². The van der Waals surface area contributed by atoms with Crippen LogP contribution in [0.15, 0.2) is 207 Å². The molecule has 7 aromatic carbocycles. The SMILES string of the molecule is C=C/C=C(\C=C)c1nc(-c2ccccc2)nc(-n2c3ccccc3c3cc(-c4cc(-c5ccccc5)cc(-c5ccccc5)c4)cc(-c4ccccc4)c32)n1. The number of rotatable bonds is 9. The smallest absolute Gasteiger partial charge is 0.238 e. The molecule has 2 aromatic heterocycles. The fourth-order valence-electron chi connectivity index (χ4n) is 7.37. The van der Waals surface area contributed by atoms with Gasteiger partial charge in [0.1, 0.15) is 0 Å². The molecule has 0 fully saturated rings. The quantitative estimate of drug-likeness (QED) is 0.141. The largest absolute Gasteiger partial charge is 0.277 e. The van der Waals surface area contributed by atoms with E-state index in [-0.39, 0.29) is 0 Å². The van der Waals surface area contributed by atoms with E-state index in [0.717, 1.165) is 66.3 Å². The number of hydrogen-bond donors (Lipinski definition) is 0. The molecule has 0 unspecified atom stereocenters. The molecule has 260 valence electrons. The normalized spacial score (nSPS) is 11.5. The first-order valence-corrected chi connectivity index (χ1v) is 18.3. The van der Waals surface area contributed by atoms with Crippen molar-refractivity contribution in [1.29, 1.82) is 0 Å². The van der Waals surface area contributed by atoms with Crippen LogP contribution in [-0.4, -0.2) is 19.5 Å². The zero-order valence-corrected chi connectivity index (χ0v) is 30.2. The molecular weight excluding hydrogens is 669 g/mol. The number of nitrogens with zero attached hydrogens (tertiary/aromatic N) is 4. The third-order valence-electron chi connectivity index (χ3n) is 9.97. The van der Waals surface area contributed by atoms with E-state index < -0.39 is 0 Å². The van der Waals surface area contributed by atoms with Gasteiger partial charge in [-0.05, 0) is 75.3 Å². The summed E-state index contributed by atoms with van der Waals surface area (Å²) in [7, 11) is 0. The predicted molar refractivity (Wildman–Crippen MR) is 230 cm³/mol. The third kappa shape index (κ3) is 6.36. The lowest BCUT2D eigenvalue weighted by molar-refractivity contribution is 0.933. The van der Waals surface area contributed by atoms with Gasteiger partial charge in [-0.1, -0.05) is 171 Å². The Morgan fingerprint density at radius 1 is 0.455 bits per heavy atom. The maximum absolute atomic E-state index is 5.18. The summed E-state index contributed by atoms with van der Waals surface area (Å²) in [6, 6.07) is 61.9. The Hall–Kier alpha value is -7.43. The molecule has 0 radical (unpaired) electrons. The molecule has 9 rings (SSSR count). The fourth-order valence-corrected chi connectivity index (χ4v) is 7.37. The summed E-state index contributed by atoms with van der Waals surface area (Å²) in [5, 5.41) is 2.21. The number of benzene rings is 7. The second-order valence-corrected chi connectivity index (χ2v) is 13.4. The van der Waals surface area contributed by atoms with Gasteiger partial charge in [0.25, 0.3) is 0 Å². The maximum atomic E-state index is 5.18. The monoisotopic (exact) mass is 704 g/mol. The Morgan fingerprint density at radius 3 is 1.55 bits per heavy atom. The Balaban J connectivity index is 1.37. The summed E-state index contributed by atoms with van der Waals surface area (Å²) in [4.78, 5) is 15.3. The van der Waals surface area contributed by atoms with Crippen molar-refractivity contribution in [3.05, 3.63) is 213 Å². The molecule has 2 heterocycles. The first-order valence-electron chi connectivity index (χ1n) is 18.3. The van der Waals surface area contributed by atoms with Crippen molar-refractivity contribution in [2.45, 2.75) is 0 Å². The standard InChI is InChI=1S/C51H36N4/c1-3-19-35(4-2)49-52-50(39-26-15-8-16-27-39)54-51(53-49)55-47-29-18-17-28-44(47)46-34-43(33-45(48(46)55)38-24-13-7-14-25-38)42-31-40(36-20-9-5-10-21-36)30-41(32-42)37-22-11-6-12-23-37/h3-34H,1-2H2/b35-19+. The maximum Gasteiger partial charge on any atom is 0.238 e. The van der Waals surface area contributed by atoms with Crippen molar-refractivity contribution in [3.8, 4) is 61.8 Å². The van der Waals surface area contributed by atoms with E-state index in [1.54, 1.807) is 12.2 Å². The minimum atomic E-state index is 0.522. The molecule has 0 saturated carbocycles. The number of fused-ring (bicyclic) bond motifs is 3. The topological polar surface area (TPSA) is 43.6 Å². The van der Waals surface area contributed by atoms with Crippen molar-refractivity contribution in [1.82, 2.24) is 19.5 Å². The van der Waals surface area contributed by atoms with Crippen molar-refractivity contribution < 1.29 is 0 Å². The molecule has 9 aromatic rings. The average molecular weight is 705 g/mol. The highest BCUT2D eigenvalue weighted by Gasteiger charge is 2.22. The van der Waals surface area contributed by atoms with E-state index in [4.69, 9.17) is 15.0 Å². The molecule has 0 aliphatic heterocycles. The first-order chi connectivity index (χ1) is 27.2. The van der Waals surface area contributed by atoms with Crippen LogP contribution in [0.2, 0.25) is 0 Å². The molecule has 0 bridgehead atoms. The number of para-hydroxylation sites is 1. The van der Waals surface area contributed by atoms with Crippen molar-refractivity contribution >= 4 is 27.4 Å². The van der Waals surface area contributed by atoms with E-state index in [1.807, 2.05) is 36.4 Å². The minimum absolute atomic E-state index is 0.522. The van der Waals surface area contributed by atoms with E-state index in [1.165, 1.54) is 11.1 Å². The molecule has 4 heteroatoms. The molecule has 55 heavy (non-hydrogen) atoms. The van der Waals surface area contributed by atoms with Crippen LogP contribution in [0, 0.1) is 0 Å². The van der Waals surface area contributed by atoms with Gasteiger partial charge in [-0.3, -0.25) is 4.57 Å². The van der Waals surface area contributed by atoms with E-state index >= 15 is 0 Å². The molecule has 0 amide bonds. The lowest BCUT2D eigenvalue weighted by Gasteiger charge is -2.15. The molecule has 0 atom stereocenters. The molecule has 0 saturated heterocycles.